The van der Waals surface area contributed by atoms with Crippen molar-refractivity contribution in [2.75, 3.05) is 0 Å². The number of aliphatic imine (C=N–C) groups is 2. The SMILES string of the molecule is CCCCCCCCc1cc(C)cc(N=CC(C)=Nc2cc(CCCC)c(CC)c(CCCCCC)c2)c1. The van der Waals surface area contributed by atoms with E-state index in [1.165, 1.54) is 106 Å². The summed E-state index contributed by atoms with van der Waals surface area (Å²) in [6.07, 6.45) is 22.2. The fourth-order valence-corrected chi connectivity index (χ4v) is 5.42. The van der Waals surface area contributed by atoms with E-state index in [4.69, 9.17) is 9.98 Å². The predicted molar refractivity (Wildman–Crippen MR) is 171 cm³/mol. The van der Waals surface area contributed by atoms with Gasteiger partial charge in [0, 0.05) is 6.21 Å². The summed E-state index contributed by atoms with van der Waals surface area (Å²) in [6, 6.07) is 11.5. The van der Waals surface area contributed by atoms with E-state index in [-0.39, 0.29) is 0 Å². The molecule has 0 heterocycles. The first-order valence-corrected chi connectivity index (χ1v) is 15.8. The molecular weight excluding hydrogens is 460 g/mol. The molecule has 0 N–H and O–H groups in total. The maximum Gasteiger partial charge on any atom is 0.0639 e. The lowest BCUT2D eigenvalue weighted by molar-refractivity contribution is 0.607. The van der Waals surface area contributed by atoms with Crippen molar-refractivity contribution in [1.82, 2.24) is 0 Å². The zero-order chi connectivity index (χ0) is 27.6. The largest absolute Gasteiger partial charge is 0.255 e. The summed E-state index contributed by atoms with van der Waals surface area (Å²) in [5, 5.41) is 0. The fraction of sp³-hybridized carbons (Fsp3) is 0.611. The molecule has 210 valence electrons. The smallest absolute Gasteiger partial charge is 0.0639 e. The van der Waals surface area contributed by atoms with Gasteiger partial charge >= 0.3 is 0 Å². The summed E-state index contributed by atoms with van der Waals surface area (Å²) >= 11 is 0. The second-order valence-corrected chi connectivity index (χ2v) is 11.2. The molecule has 0 aliphatic heterocycles. The maximum absolute atomic E-state index is 5.02. The van der Waals surface area contributed by atoms with E-state index in [0.717, 1.165) is 36.3 Å². The van der Waals surface area contributed by atoms with Gasteiger partial charge in [0.2, 0.25) is 0 Å². The van der Waals surface area contributed by atoms with E-state index in [9.17, 15) is 0 Å². The normalized spacial score (nSPS) is 12.1. The molecule has 0 atom stereocenters. The molecule has 0 unspecified atom stereocenters. The first kappa shape index (κ1) is 32.0. The van der Waals surface area contributed by atoms with Gasteiger partial charge in [0.25, 0.3) is 0 Å². The van der Waals surface area contributed by atoms with Crippen molar-refractivity contribution in [3.63, 3.8) is 0 Å². The summed E-state index contributed by atoms with van der Waals surface area (Å²) in [7, 11) is 0. The minimum atomic E-state index is 0.964. The third-order valence-electron chi connectivity index (χ3n) is 7.52. The molecule has 2 aromatic carbocycles. The van der Waals surface area contributed by atoms with E-state index in [1.807, 2.05) is 6.21 Å². The molecule has 0 aliphatic carbocycles. The minimum absolute atomic E-state index is 0.964. The Labute approximate surface area is 235 Å². The van der Waals surface area contributed by atoms with Gasteiger partial charge in [-0.05, 0) is 111 Å². The highest BCUT2D eigenvalue weighted by molar-refractivity contribution is 6.30. The average Bonchev–Trinajstić information content (AvgIpc) is 2.90. The van der Waals surface area contributed by atoms with Crippen LogP contribution in [0, 0.1) is 6.92 Å². The Kier molecular flexibility index (Phi) is 15.9. The van der Waals surface area contributed by atoms with E-state index in [0.29, 0.717) is 0 Å². The predicted octanol–water partition coefficient (Wildman–Crippen LogP) is 11.4. The molecule has 2 nitrogen and oxygen atoms in total. The van der Waals surface area contributed by atoms with Crippen molar-refractivity contribution in [1.29, 1.82) is 0 Å². The minimum Gasteiger partial charge on any atom is -0.255 e. The van der Waals surface area contributed by atoms with Gasteiger partial charge in [-0.15, -0.1) is 0 Å². The van der Waals surface area contributed by atoms with Crippen LogP contribution < -0.4 is 0 Å². The van der Waals surface area contributed by atoms with Crippen LogP contribution in [0.2, 0.25) is 0 Å². The van der Waals surface area contributed by atoms with Gasteiger partial charge in [-0.25, -0.2) is 0 Å². The molecule has 0 amide bonds. The summed E-state index contributed by atoms with van der Waals surface area (Å²) in [5.41, 5.74) is 10.4. The van der Waals surface area contributed by atoms with Crippen LogP contribution in [-0.4, -0.2) is 11.9 Å². The Hall–Kier alpha value is -2.22. The number of hydrogen-bond acceptors (Lipinski definition) is 2. The molecule has 0 bridgehead atoms. The molecule has 38 heavy (non-hydrogen) atoms. The van der Waals surface area contributed by atoms with Gasteiger partial charge in [-0.2, -0.15) is 0 Å². The molecule has 0 aliphatic rings. The van der Waals surface area contributed by atoms with Crippen LogP contribution in [0.5, 0.6) is 0 Å². The van der Waals surface area contributed by atoms with Crippen LogP contribution in [0.15, 0.2) is 40.3 Å². The third kappa shape index (κ3) is 12.1. The second-order valence-electron chi connectivity index (χ2n) is 11.2. The summed E-state index contributed by atoms with van der Waals surface area (Å²) in [4.78, 5) is 9.86. The van der Waals surface area contributed by atoms with Gasteiger partial charge in [0.1, 0.15) is 0 Å². The van der Waals surface area contributed by atoms with Crippen LogP contribution in [0.1, 0.15) is 139 Å². The lowest BCUT2D eigenvalue weighted by Crippen LogP contribution is -2.01. The van der Waals surface area contributed by atoms with Crippen LogP contribution in [0.4, 0.5) is 11.4 Å². The van der Waals surface area contributed by atoms with Gasteiger partial charge in [-0.1, -0.05) is 91.5 Å². The lowest BCUT2D eigenvalue weighted by atomic mass is 9.91. The van der Waals surface area contributed by atoms with E-state index in [2.05, 4.69) is 71.9 Å². The number of rotatable bonds is 19. The summed E-state index contributed by atoms with van der Waals surface area (Å²) in [5.74, 6) is 0. The molecule has 0 fully saturated rings. The number of hydrogen-bond donors (Lipinski definition) is 0. The number of unbranched alkanes of at least 4 members (excludes halogenated alkanes) is 9. The second kappa shape index (κ2) is 18.9. The Bertz CT molecular complexity index is 999. The quantitative estimate of drug-likeness (QED) is 0.131. The molecule has 2 aromatic rings. The standard InChI is InChI=1S/C36H56N2/c1-7-11-14-16-17-18-20-31-23-29(5)24-34(25-31)37-28-30(6)38-35-26-32(21-13-9-3)36(10-4)33(27-35)22-19-15-12-8-2/h23-28H,7-22H2,1-6H3. The number of aryl methyl sites for hydroxylation is 4. The zero-order valence-corrected chi connectivity index (χ0v) is 25.7. The van der Waals surface area contributed by atoms with Crippen molar-refractivity contribution in [3.05, 3.63) is 58.1 Å². The molecule has 0 spiro atoms. The van der Waals surface area contributed by atoms with Crippen molar-refractivity contribution >= 4 is 23.3 Å². The van der Waals surface area contributed by atoms with Crippen molar-refractivity contribution in [2.45, 2.75) is 144 Å². The van der Waals surface area contributed by atoms with Crippen LogP contribution in [-0.2, 0) is 25.7 Å². The zero-order valence-electron chi connectivity index (χ0n) is 25.7. The average molecular weight is 517 g/mol. The summed E-state index contributed by atoms with van der Waals surface area (Å²) in [6.45, 7) is 13.4. The highest BCUT2D eigenvalue weighted by Crippen LogP contribution is 2.27. The topological polar surface area (TPSA) is 24.7 Å². The first-order valence-electron chi connectivity index (χ1n) is 15.8. The highest BCUT2D eigenvalue weighted by atomic mass is 14.8. The molecule has 2 heteroatoms. The van der Waals surface area contributed by atoms with Gasteiger partial charge < -0.3 is 0 Å². The summed E-state index contributed by atoms with van der Waals surface area (Å²) < 4.78 is 0. The monoisotopic (exact) mass is 516 g/mol. The first-order chi connectivity index (χ1) is 18.5. The van der Waals surface area contributed by atoms with E-state index in [1.54, 1.807) is 5.56 Å². The molecule has 2 rings (SSSR count). The Morgan fingerprint density at radius 2 is 1.21 bits per heavy atom. The van der Waals surface area contributed by atoms with Crippen molar-refractivity contribution < 1.29 is 0 Å². The van der Waals surface area contributed by atoms with Crippen LogP contribution in [0.3, 0.4) is 0 Å². The third-order valence-corrected chi connectivity index (χ3v) is 7.52. The molecule has 0 radical (unpaired) electrons. The van der Waals surface area contributed by atoms with Crippen LogP contribution in [0.25, 0.3) is 0 Å². The van der Waals surface area contributed by atoms with Crippen molar-refractivity contribution in [3.8, 4) is 0 Å². The van der Waals surface area contributed by atoms with E-state index < -0.39 is 0 Å². The number of benzene rings is 2. The number of nitrogens with zero attached hydrogens (tertiary/aromatic N) is 2. The fourth-order valence-electron chi connectivity index (χ4n) is 5.42. The highest BCUT2D eigenvalue weighted by Gasteiger charge is 2.10. The van der Waals surface area contributed by atoms with Gasteiger partial charge in [0.05, 0.1) is 17.1 Å². The molecular formula is C36H56N2. The van der Waals surface area contributed by atoms with Crippen molar-refractivity contribution in [2.24, 2.45) is 9.98 Å². The lowest BCUT2D eigenvalue weighted by Gasteiger charge is -2.15. The maximum atomic E-state index is 5.02. The van der Waals surface area contributed by atoms with Crippen LogP contribution >= 0.6 is 0 Å². The Morgan fingerprint density at radius 3 is 1.87 bits per heavy atom. The Morgan fingerprint density at radius 1 is 0.632 bits per heavy atom. The molecule has 0 aromatic heterocycles. The molecule has 0 saturated carbocycles. The molecule has 0 saturated heterocycles. The van der Waals surface area contributed by atoms with Gasteiger partial charge in [-0.3, -0.25) is 9.98 Å². The van der Waals surface area contributed by atoms with E-state index >= 15 is 0 Å². The van der Waals surface area contributed by atoms with Gasteiger partial charge in [0.15, 0.2) is 0 Å². The Balaban J connectivity index is 2.16.